The van der Waals surface area contributed by atoms with Gasteiger partial charge in [-0.25, -0.2) is 0 Å². The van der Waals surface area contributed by atoms with Gasteiger partial charge in [-0.3, -0.25) is 9.59 Å². The number of phenolic OH excluding ortho intramolecular Hbond substituents is 1. The van der Waals surface area contributed by atoms with Crippen molar-refractivity contribution in [3.8, 4) is 5.75 Å². The maximum atomic E-state index is 12.2. The number of aromatic hydroxyl groups is 1. The molecule has 2 N–H and O–H groups in total. The molecule has 0 bridgehead atoms. The highest BCUT2D eigenvalue weighted by Crippen LogP contribution is 2.33. The van der Waals surface area contributed by atoms with Crippen molar-refractivity contribution in [2.24, 2.45) is 5.92 Å². The van der Waals surface area contributed by atoms with Gasteiger partial charge in [0, 0.05) is 25.6 Å². The smallest absolute Gasteiger partial charge is 0.245 e. The molecule has 2 rings (SSSR count). The number of rotatable bonds is 6. The van der Waals surface area contributed by atoms with Crippen molar-refractivity contribution in [1.29, 1.82) is 0 Å². The van der Waals surface area contributed by atoms with E-state index in [1.807, 2.05) is 0 Å². The normalized spacial score (nSPS) is 17.4. The first kappa shape index (κ1) is 18.6. The fourth-order valence-electron chi connectivity index (χ4n) is 2.83. The molecule has 0 unspecified atom stereocenters. The Hall–Kier alpha value is -1.72. The number of hydrogen-bond acceptors (Lipinski definition) is 4. The number of benzene rings is 1. The molecule has 0 aromatic heterocycles. The summed E-state index contributed by atoms with van der Waals surface area (Å²) in [5.41, 5.74) is 0.366. The van der Waals surface area contributed by atoms with Gasteiger partial charge in [-0.1, -0.05) is 29.8 Å². The number of nitrogens with one attached hydrogen (secondary N) is 1. The molecule has 1 aromatic rings. The third-order valence-electron chi connectivity index (χ3n) is 4.04. The average Bonchev–Trinajstić information content (AvgIpc) is 2.56. The number of likely N-dealkylation sites (tertiary alicyclic amines) is 1. The number of Topliss-reactive ketones (excluding diaryl/α,β-unsaturated/α-hetero) is 1. The van der Waals surface area contributed by atoms with Crippen molar-refractivity contribution in [2.45, 2.75) is 19.3 Å². The van der Waals surface area contributed by atoms with E-state index in [0.717, 1.165) is 12.8 Å². The zero-order valence-electron chi connectivity index (χ0n) is 13.2. The first-order chi connectivity index (χ1) is 11.4. The number of phenols is 1. The number of nitrogens with zero attached hydrogens (tertiary/aromatic N) is 1. The quantitative estimate of drug-likeness (QED) is 0.593. The molecule has 1 amide bonds. The molecule has 1 aliphatic rings. The fraction of sp³-hybridized carbons (Fsp3) is 0.412. The van der Waals surface area contributed by atoms with Gasteiger partial charge in [0.25, 0.3) is 0 Å². The van der Waals surface area contributed by atoms with Crippen LogP contribution < -0.4 is 5.32 Å². The van der Waals surface area contributed by atoms with Crippen LogP contribution in [0, 0.1) is 5.92 Å². The summed E-state index contributed by atoms with van der Waals surface area (Å²) in [6.07, 6.45) is 3.50. The Balaban J connectivity index is 1.86. The van der Waals surface area contributed by atoms with Crippen molar-refractivity contribution in [3.63, 3.8) is 0 Å². The van der Waals surface area contributed by atoms with E-state index in [2.05, 4.69) is 11.9 Å². The highest BCUT2D eigenvalue weighted by molar-refractivity contribution is 6.42. The van der Waals surface area contributed by atoms with E-state index in [1.165, 1.54) is 18.2 Å². The molecule has 1 atom stereocenters. The summed E-state index contributed by atoms with van der Waals surface area (Å²) >= 11 is 11.7. The van der Waals surface area contributed by atoms with Crippen molar-refractivity contribution < 1.29 is 14.7 Å². The van der Waals surface area contributed by atoms with Crippen molar-refractivity contribution in [1.82, 2.24) is 4.90 Å². The zero-order chi connectivity index (χ0) is 17.7. The molecule has 1 heterocycles. The fourth-order valence-corrected chi connectivity index (χ4v) is 3.15. The summed E-state index contributed by atoms with van der Waals surface area (Å²) in [5, 5.41) is 13.2. The van der Waals surface area contributed by atoms with Crippen molar-refractivity contribution in [3.05, 3.63) is 34.8 Å². The lowest BCUT2D eigenvalue weighted by Crippen LogP contribution is -2.39. The summed E-state index contributed by atoms with van der Waals surface area (Å²) in [5.74, 6) is 0.0151. The van der Waals surface area contributed by atoms with Crippen molar-refractivity contribution in [2.75, 3.05) is 25.0 Å². The van der Waals surface area contributed by atoms with Crippen LogP contribution in [-0.2, 0) is 9.59 Å². The molecule has 24 heavy (non-hydrogen) atoms. The maximum Gasteiger partial charge on any atom is 0.245 e. The number of halogens is 2. The number of carbonyl (C=O) groups is 2. The number of anilines is 1. The largest absolute Gasteiger partial charge is 0.506 e. The van der Waals surface area contributed by atoms with Crippen LogP contribution >= 0.6 is 23.2 Å². The highest BCUT2D eigenvalue weighted by atomic mass is 35.5. The minimum atomic E-state index is -0.0917. The molecule has 0 radical (unpaired) electrons. The number of piperidine rings is 1. The molecule has 5 nitrogen and oxygen atoms in total. The number of amides is 1. The molecular formula is C17H20Cl2N2O3. The SMILES string of the molecule is C=CC(=O)N1CCC[C@H](CC(=O)CNc2cc(Cl)c(Cl)cc2O)C1. The van der Waals surface area contributed by atoms with E-state index in [-0.39, 0.29) is 34.9 Å². The number of hydrogen-bond donors (Lipinski definition) is 2. The topological polar surface area (TPSA) is 69.6 Å². The Morgan fingerprint density at radius 2 is 2.08 bits per heavy atom. The molecule has 1 aliphatic heterocycles. The van der Waals surface area contributed by atoms with E-state index >= 15 is 0 Å². The summed E-state index contributed by atoms with van der Waals surface area (Å²) in [4.78, 5) is 25.6. The van der Waals surface area contributed by atoms with Gasteiger partial charge >= 0.3 is 0 Å². The predicted molar refractivity (Wildman–Crippen MR) is 95.7 cm³/mol. The molecule has 1 fully saturated rings. The second-order valence-electron chi connectivity index (χ2n) is 5.88. The second kappa shape index (κ2) is 8.40. The Labute approximate surface area is 151 Å². The summed E-state index contributed by atoms with van der Waals surface area (Å²) in [7, 11) is 0. The van der Waals surface area contributed by atoms with Gasteiger partial charge in [0.05, 0.1) is 22.3 Å². The molecule has 1 saturated heterocycles. The van der Waals surface area contributed by atoms with E-state index < -0.39 is 0 Å². The van der Waals surface area contributed by atoms with Crippen LogP contribution in [0.15, 0.2) is 24.8 Å². The van der Waals surface area contributed by atoms with Crippen LogP contribution in [0.4, 0.5) is 5.69 Å². The summed E-state index contributed by atoms with van der Waals surface area (Å²) in [6.45, 7) is 4.87. The van der Waals surface area contributed by atoms with E-state index in [0.29, 0.717) is 30.2 Å². The average molecular weight is 371 g/mol. The van der Waals surface area contributed by atoms with E-state index in [9.17, 15) is 14.7 Å². The number of ketones is 1. The molecule has 0 spiro atoms. The molecule has 0 saturated carbocycles. The Bertz CT molecular complexity index is 649. The molecular weight excluding hydrogens is 351 g/mol. The summed E-state index contributed by atoms with van der Waals surface area (Å²) in [6, 6.07) is 2.81. The molecule has 1 aromatic carbocycles. The van der Waals surface area contributed by atoms with E-state index in [4.69, 9.17) is 23.2 Å². The third kappa shape index (κ3) is 4.89. The van der Waals surface area contributed by atoms with Crippen LogP contribution in [0.2, 0.25) is 10.0 Å². The standard InChI is InChI=1S/C17H20Cl2N2O3/c1-2-17(24)21-5-3-4-11(10-21)6-12(22)9-20-15-7-13(18)14(19)8-16(15)23/h2,7-8,11,20,23H,1,3-6,9-10H2/t11-/m1/s1. The number of carbonyl (C=O) groups excluding carboxylic acids is 2. The van der Waals surface area contributed by atoms with Gasteiger partial charge in [-0.2, -0.15) is 0 Å². The highest BCUT2D eigenvalue weighted by Gasteiger charge is 2.24. The third-order valence-corrected chi connectivity index (χ3v) is 4.76. The maximum absolute atomic E-state index is 12.2. The van der Waals surface area contributed by atoms with Crippen LogP contribution in [0.25, 0.3) is 0 Å². The monoisotopic (exact) mass is 370 g/mol. The zero-order valence-corrected chi connectivity index (χ0v) is 14.7. The van der Waals surface area contributed by atoms with Gasteiger partial charge < -0.3 is 15.3 Å². The van der Waals surface area contributed by atoms with Crippen LogP contribution in [0.5, 0.6) is 5.75 Å². The van der Waals surface area contributed by atoms with Gasteiger partial charge in [0.1, 0.15) is 5.75 Å². The first-order valence-electron chi connectivity index (χ1n) is 7.75. The van der Waals surface area contributed by atoms with Gasteiger partial charge in [-0.15, -0.1) is 0 Å². The molecule has 7 heteroatoms. The van der Waals surface area contributed by atoms with Crippen molar-refractivity contribution >= 4 is 40.6 Å². The van der Waals surface area contributed by atoms with Crippen LogP contribution in [0.3, 0.4) is 0 Å². The first-order valence-corrected chi connectivity index (χ1v) is 8.51. The summed E-state index contributed by atoms with van der Waals surface area (Å²) < 4.78 is 0. The molecule has 0 aliphatic carbocycles. The van der Waals surface area contributed by atoms with Gasteiger partial charge in [-0.05, 0) is 30.9 Å². The Morgan fingerprint density at radius 1 is 1.38 bits per heavy atom. The lowest BCUT2D eigenvalue weighted by atomic mass is 9.93. The minimum Gasteiger partial charge on any atom is -0.506 e. The second-order valence-corrected chi connectivity index (χ2v) is 6.69. The van der Waals surface area contributed by atoms with Gasteiger partial charge in [0.15, 0.2) is 5.78 Å². The molecule has 130 valence electrons. The lowest BCUT2D eigenvalue weighted by molar-refractivity contribution is -0.129. The minimum absolute atomic E-state index is 0.0124. The van der Waals surface area contributed by atoms with Crippen LogP contribution in [-0.4, -0.2) is 41.3 Å². The Morgan fingerprint density at radius 3 is 2.79 bits per heavy atom. The van der Waals surface area contributed by atoms with Crippen LogP contribution in [0.1, 0.15) is 19.3 Å². The predicted octanol–water partition coefficient (Wildman–Crippen LogP) is 3.49. The Kier molecular flexibility index (Phi) is 6.52. The van der Waals surface area contributed by atoms with E-state index in [1.54, 1.807) is 4.90 Å². The lowest BCUT2D eigenvalue weighted by Gasteiger charge is -2.31. The van der Waals surface area contributed by atoms with Gasteiger partial charge in [0.2, 0.25) is 5.91 Å².